The highest BCUT2D eigenvalue weighted by Crippen LogP contribution is 2.19. The Kier molecular flexibility index (Phi) is 3.75. The van der Waals surface area contributed by atoms with Crippen molar-refractivity contribution in [2.24, 2.45) is 0 Å². The molecule has 0 saturated heterocycles. The van der Waals surface area contributed by atoms with Crippen molar-refractivity contribution in [1.29, 1.82) is 5.26 Å². The molecule has 0 aliphatic carbocycles. The molecule has 110 valence electrons. The first-order valence-corrected chi connectivity index (χ1v) is 6.86. The van der Waals surface area contributed by atoms with Gasteiger partial charge < -0.3 is 4.74 Å². The number of benzene rings is 1. The quantitative estimate of drug-likeness (QED) is 0.743. The van der Waals surface area contributed by atoms with Crippen molar-refractivity contribution in [3.05, 3.63) is 65.4 Å². The van der Waals surface area contributed by atoms with Crippen LogP contribution in [0.3, 0.4) is 0 Å². The summed E-state index contributed by atoms with van der Waals surface area (Å²) in [6.45, 7) is 0. The van der Waals surface area contributed by atoms with E-state index in [0.29, 0.717) is 12.1 Å². The number of aromatic nitrogens is 2. The minimum absolute atomic E-state index is 0.191. The van der Waals surface area contributed by atoms with Crippen LogP contribution in [0.1, 0.15) is 17.0 Å². The van der Waals surface area contributed by atoms with Gasteiger partial charge in [-0.05, 0) is 29.8 Å². The van der Waals surface area contributed by atoms with Crippen LogP contribution in [-0.2, 0) is 12.8 Å². The van der Waals surface area contributed by atoms with E-state index in [1.165, 1.54) is 12.3 Å². The number of nitriles is 1. The van der Waals surface area contributed by atoms with E-state index in [9.17, 15) is 4.39 Å². The summed E-state index contributed by atoms with van der Waals surface area (Å²) in [4.78, 5) is 4.52. The van der Waals surface area contributed by atoms with Crippen molar-refractivity contribution in [2.45, 2.75) is 12.8 Å². The van der Waals surface area contributed by atoms with Gasteiger partial charge in [-0.2, -0.15) is 5.26 Å². The molecule has 0 atom stereocenters. The molecule has 5 heteroatoms. The topological polar surface area (TPSA) is 50.3 Å². The SMILES string of the molecule is COc1ccc(Cc2nc3ccc(F)cn3c2CC#N)cc1. The van der Waals surface area contributed by atoms with Crippen LogP contribution in [0.5, 0.6) is 5.75 Å². The van der Waals surface area contributed by atoms with Crippen LogP contribution >= 0.6 is 0 Å². The lowest BCUT2D eigenvalue weighted by atomic mass is 10.1. The molecule has 0 amide bonds. The predicted molar refractivity (Wildman–Crippen MR) is 80.3 cm³/mol. The second kappa shape index (κ2) is 5.86. The molecular weight excluding hydrogens is 281 g/mol. The van der Waals surface area contributed by atoms with Gasteiger partial charge in [-0.1, -0.05) is 12.1 Å². The number of pyridine rings is 1. The van der Waals surface area contributed by atoms with Gasteiger partial charge in [0.2, 0.25) is 0 Å². The van der Waals surface area contributed by atoms with E-state index < -0.39 is 0 Å². The third kappa shape index (κ3) is 2.63. The fourth-order valence-corrected chi connectivity index (χ4v) is 2.46. The summed E-state index contributed by atoms with van der Waals surface area (Å²) in [7, 11) is 1.62. The summed E-state index contributed by atoms with van der Waals surface area (Å²) in [6, 6.07) is 12.8. The maximum absolute atomic E-state index is 13.4. The molecule has 0 radical (unpaired) electrons. The van der Waals surface area contributed by atoms with E-state index in [0.717, 1.165) is 22.7 Å². The van der Waals surface area contributed by atoms with E-state index in [2.05, 4.69) is 11.1 Å². The standard InChI is InChI=1S/C17H14FN3O/c1-22-14-5-2-12(3-6-14)10-15-16(8-9-19)21-11-13(18)4-7-17(21)20-15/h2-7,11H,8,10H2,1H3. The minimum Gasteiger partial charge on any atom is -0.497 e. The zero-order valence-corrected chi connectivity index (χ0v) is 12.1. The minimum atomic E-state index is -0.347. The van der Waals surface area contributed by atoms with Gasteiger partial charge in [0.1, 0.15) is 17.2 Å². The van der Waals surface area contributed by atoms with E-state index in [4.69, 9.17) is 10.00 Å². The Balaban J connectivity index is 2.01. The fraction of sp³-hybridized carbons (Fsp3) is 0.176. The van der Waals surface area contributed by atoms with Crippen molar-refractivity contribution in [3.8, 4) is 11.8 Å². The van der Waals surface area contributed by atoms with Crippen LogP contribution in [0, 0.1) is 17.1 Å². The summed E-state index contributed by atoms with van der Waals surface area (Å²) in [5.74, 6) is 0.443. The molecule has 0 spiro atoms. The molecule has 2 heterocycles. The Bertz CT molecular complexity index is 847. The number of hydrogen-bond acceptors (Lipinski definition) is 3. The Morgan fingerprint density at radius 1 is 1.23 bits per heavy atom. The van der Waals surface area contributed by atoms with E-state index >= 15 is 0 Å². The van der Waals surface area contributed by atoms with Gasteiger partial charge in [0.05, 0.1) is 31.0 Å². The molecule has 0 fully saturated rings. The number of halogens is 1. The highest BCUT2D eigenvalue weighted by Gasteiger charge is 2.13. The number of fused-ring (bicyclic) bond motifs is 1. The first kappa shape index (κ1) is 14.1. The van der Waals surface area contributed by atoms with Gasteiger partial charge in [-0.15, -0.1) is 0 Å². The maximum Gasteiger partial charge on any atom is 0.139 e. The number of nitrogens with zero attached hydrogens (tertiary/aromatic N) is 3. The van der Waals surface area contributed by atoms with Gasteiger partial charge in [0.25, 0.3) is 0 Å². The number of rotatable bonds is 4. The molecule has 0 bridgehead atoms. The molecule has 3 rings (SSSR count). The zero-order valence-electron chi connectivity index (χ0n) is 12.1. The van der Waals surface area contributed by atoms with Crippen LogP contribution < -0.4 is 4.74 Å². The molecule has 1 aromatic carbocycles. The zero-order chi connectivity index (χ0) is 15.5. The molecule has 22 heavy (non-hydrogen) atoms. The number of methoxy groups -OCH3 is 1. The molecule has 0 N–H and O–H groups in total. The van der Waals surface area contributed by atoms with Crippen molar-refractivity contribution in [1.82, 2.24) is 9.38 Å². The van der Waals surface area contributed by atoms with Crippen molar-refractivity contribution >= 4 is 5.65 Å². The van der Waals surface area contributed by atoms with Gasteiger partial charge in [0.15, 0.2) is 0 Å². The van der Waals surface area contributed by atoms with E-state index in [1.807, 2.05) is 24.3 Å². The van der Waals surface area contributed by atoms with Crippen LogP contribution in [0.2, 0.25) is 0 Å². The highest BCUT2D eigenvalue weighted by molar-refractivity contribution is 5.45. The molecule has 0 unspecified atom stereocenters. The van der Waals surface area contributed by atoms with Crippen LogP contribution in [0.25, 0.3) is 5.65 Å². The smallest absolute Gasteiger partial charge is 0.139 e. The largest absolute Gasteiger partial charge is 0.497 e. The van der Waals surface area contributed by atoms with E-state index in [1.54, 1.807) is 17.6 Å². The molecule has 4 nitrogen and oxygen atoms in total. The fourth-order valence-electron chi connectivity index (χ4n) is 2.46. The molecule has 0 aliphatic rings. The molecule has 0 aliphatic heterocycles. The lowest BCUT2D eigenvalue weighted by molar-refractivity contribution is 0.414. The summed E-state index contributed by atoms with van der Waals surface area (Å²) < 4.78 is 20.2. The second-order valence-corrected chi connectivity index (χ2v) is 4.94. The average molecular weight is 295 g/mol. The Morgan fingerprint density at radius 3 is 2.68 bits per heavy atom. The van der Waals surface area contributed by atoms with E-state index in [-0.39, 0.29) is 12.2 Å². The Hall–Kier alpha value is -2.87. The number of ether oxygens (including phenoxy) is 1. The van der Waals surface area contributed by atoms with Gasteiger partial charge >= 0.3 is 0 Å². The van der Waals surface area contributed by atoms with Gasteiger partial charge in [0, 0.05) is 12.6 Å². The van der Waals surface area contributed by atoms with Crippen LogP contribution in [0.4, 0.5) is 4.39 Å². The molecule has 3 aromatic rings. The van der Waals surface area contributed by atoms with Crippen molar-refractivity contribution < 1.29 is 9.13 Å². The van der Waals surface area contributed by atoms with Gasteiger partial charge in [-0.25, -0.2) is 9.37 Å². The monoisotopic (exact) mass is 295 g/mol. The summed E-state index contributed by atoms with van der Waals surface area (Å²) >= 11 is 0. The summed E-state index contributed by atoms with van der Waals surface area (Å²) in [5.41, 5.74) is 3.23. The lowest BCUT2D eigenvalue weighted by Gasteiger charge is -2.03. The van der Waals surface area contributed by atoms with Crippen molar-refractivity contribution in [3.63, 3.8) is 0 Å². The predicted octanol–water partition coefficient (Wildman–Crippen LogP) is 3.14. The lowest BCUT2D eigenvalue weighted by Crippen LogP contribution is -1.98. The first-order valence-electron chi connectivity index (χ1n) is 6.86. The molecule has 0 saturated carbocycles. The maximum atomic E-state index is 13.4. The number of imidazole rings is 1. The molecule has 2 aromatic heterocycles. The Labute approximate surface area is 127 Å². The normalized spacial score (nSPS) is 10.6. The summed E-state index contributed by atoms with van der Waals surface area (Å²) in [5, 5.41) is 9.02. The average Bonchev–Trinajstić information content (AvgIpc) is 2.86. The Morgan fingerprint density at radius 2 is 2.00 bits per heavy atom. The van der Waals surface area contributed by atoms with Crippen LogP contribution in [-0.4, -0.2) is 16.5 Å². The third-order valence-corrected chi connectivity index (χ3v) is 3.54. The second-order valence-electron chi connectivity index (χ2n) is 4.94. The summed E-state index contributed by atoms with van der Waals surface area (Å²) in [6.07, 6.45) is 2.15. The first-order chi connectivity index (χ1) is 10.7. The molecular formula is C17H14FN3O. The highest BCUT2D eigenvalue weighted by atomic mass is 19.1. The van der Waals surface area contributed by atoms with Crippen molar-refractivity contribution in [2.75, 3.05) is 7.11 Å². The van der Waals surface area contributed by atoms with Gasteiger partial charge in [-0.3, -0.25) is 4.40 Å². The van der Waals surface area contributed by atoms with Crippen LogP contribution in [0.15, 0.2) is 42.6 Å². The third-order valence-electron chi connectivity index (χ3n) is 3.54. The number of hydrogen-bond donors (Lipinski definition) is 0.